The maximum atomic E-state index is 12.3. The van der Waals surface area contributed by atoms with Gasteiger partial charge in [0.15, 0.2) is 0 Å². The standard InChI is InChI=1S/C6H8F3N5/c7-6(8,9)5-12-11-4-3-13(10)1-2-14(4)5/h1-3,10H2. The highest BCUT2D eigenvalue weighted by Crippen LogP contribution is 2.28. The van der Waals surface area contributed by atoms with Gasteiger partial charge >= 0.3 is 6.18 Å². The van der Waals surface area contributed by atoms with Crippen molar-refractivity contribution in [1.29, 1.82) is 0 Å². The molecule has 0 radical (unpaired) electrons. The molecule has 2 heterocycles. The quantitative estimate of drug-likeness (QED) is 0.607. The zero-order chi connectivity index (χ0) is 10.3. The molecular weight excluding hydrogens is 199 g/mol. The Kier molecular flexibility index (Phi) is 1.96. The molecule has 0 bridgehead atoms. The summed E-state index contributed by atoms with van der Waals surface area (Å²) in [6, 6.07) is 0. The number of hydrogen-bond donors (Lipinski definition) is 1. The molecule has 2 N–H and O–H groups in total. The largest absolute Gasteiger partial charge is 0.451 e. The van der Waals surface area contributed by atoms with Crippen LogP contribution in [0.5, 0.6) is 0 Å². The Morgan fingerprint density at radius 2 is 1.93 bits per heavy atom. The molecule has 1 aromatic rings. The molecule has 0 aliphatic carbocycles. The number of hydrazine groups is 1. The first-order valence-corrected chi connectivity index (χ1v) is 3.97. The van der Waals surface area contributed by atoms with Gasteiger partial charge in [0, 0.05) is 13.1 Å². The summed E-state index contributed by atoms with van der Waals surface area (Å²) in [5.41, 5.74) is 0. The van der Waals surface area contributed by atoms with Gasteiger partial charge in [-0.25, -0.2) is 5.01 Å². The second kappa shape index (κ2) is 2.92. The van der Waals surface area contributed by atoms with Crippen LogP contribution in [0.25, 0.3) is 0 Å². The van der Waals surface area contributed by atoms with Crippen molar-refractivity contribution in [3.8, 4) is 0 Å². The fraction of sp³-hybridized carbons (Fsp3) is 0.667. The van der Waals surface area contributed by atoms with Crippen molar-refractivity contribution < 1.29 is 13.2 Å². The Labute approximate surface area is 77.3 Å². The van der Waals surface area contributed by atoms with Gasteiger partial charge in [0.1, 0.15) is 5.82 Å². The van der Waals surface area contributed by atoms with Crippen LogP contribution >= 0.6 is 0 Å². The molecule has 1 aromatic heterocycles. The van der Waals surface area contributed by atoms with E-state index < -0.39 is 12.0 Å². The number of fused-ring (bicyclic) bond motifs is 1. The number of nitrogens with zero attached hydrogens (tertiary/aromatic N) is 4. The van der Waals surface area contributed by atoms with Gasteiger partial charge in [-0.3, -0.25) is 5.84 Å². The fourth-order valence-corrected chi connectivity index (χ4v) is 1.39. The molecule has 0 atom stereocenters. The molecule has 1 aliphatic rings. The number of hydrogen-bond acceptors (Lipinski definition) is 4. The maximum absolute atomic E-state index is 12.3. The lowest BCUT2D eigenvalue weighted by atomic mass is 10.4. The summed E-state index contributed by atoms with van der Waals surface area (Å²) in [4.78, 5) is 0. The molecular formula is C6H8F3N5. The molecule has 0 unspecified atom stereocenters. The highest BCUT2D eigenvalue weighted by molar-refractivity contribution is 5.01. The van der Waals surface area contributed by atoms with E-state index in [4.69, 9.17) is 5.84 Å². The molecule has 0 saturated heterocycles. The predicted molar refractivity (Wildman–Crippen MR) is 39.6 cm³/mol. The first kappa shape index (κ1) is 9.41. The minimum atomic E-state index is -4.44. The first-order valence-electron chi connectivity index (χ1n) is 3.97. The van der Waals surface area contributed by atoms with Gasteiger partial charge in [-0.2, -0.15) is 13.2 Å². The Hall–Kier alpha value is -1.15. The van der Waals surface area contributed by atoms with Gasteiger partial charge in [0.05, 0.1) is 6.54 Å². The van der Waals surface area contributed by atoms with Crippen LogP contribution in [0.2, 0.25) is 0 Å². The zero-order valence-corrected chi connectivity index (χ0v) is 7.12. The van der Waals surface area contributed by atoms with Crippen LogP contribution in [-0.2, 0) is 19.3 Å². The number of halogens is 3. The second-order valence-electron chi connectivity index (χ2n) is 3.06. The third-order valence-electron chi connectivity index (χ3n) is 2.04. The van der Waals surface area contributed by atoms with Crippen LogP contribution in [0, 0.1) is 0 Å². The zero-order valence-electron chi connectivity index (χ0n) is 7.12. The highest BCUT2D eigenvalue weighted by atomic mass is 19.4. The average Bonchev–Trinajstić information content (AvgIpc) is 2.45. The van der Waals surface area contributed by atoms with Gasteiger partial charge in [-0.15, -0.1) is 10.2 Å². The summed E-state index contributed by atoms with van der Waals surface area (Å²) >= 11 is 0. The smallest absolute Gasteiger partial charge is 0.305 e. The lowest BCUT2D eigenvalue weighted by Gasteiger charge is -2.23. The van der Waals surface area contributed by atoms with Crippen LogP contribution in [0.15, 0.2) is 0 Å². The third-order valence-corrected chi connectivity index (χ3v) is 2.04. The van der Waals surface area contributed by atoms with E-state index >= 15 is 0 Å². The molecule has 78 valence electrons. The summed E-state index contributed by atoms with van der Waals surface area (Å²) < 4.78 is 38.1. The van der Waals surface area contributed by atoms with E-state index in [9.17, 15) is 13.2 Å². The van der Waals surface area contributed by atoms with E-state index in [0.717, 1.165) is 4.57 Å². The first-order chi connectivity index (χ1) is 6.48. The van der Waals surface area contributed by atoms with Crippen molar-refractivity contribution in [2.75, 3.05) is 6.54 Å². The second-order valence-corrected chi connectivity index (χ2v) is 3.06. The van der Waals surface area contributed by atoms with Gasteiger partial charge in [-0.05, 0) is 0 Å². The maximum Gasteiger partial charge on any atom is 0.451 e. The molecule has 0 amide bonds. The van der Waals surface area contributed by atoms with Gasteiger partial charge < -0.3 is 4.57 Å². The number of alkyl halides is 3. The van der Waals surface area contributed by atoms with Gasteiger partial charge in [-0.1, -0.05) is 0 Å². The monoisotopic (exact) mass is 207 g/mol. The summed E-state index contributed by atoms with van der Waals surface area (Å²) in [5, 5.41) is 7.96. The summed E-state index contributed by atoms with van der Waals surface area (Å²) in [6.07, 6.45) is -4.44. The van der Waals surface area contributed by atoms with E-state index in [2.05, 4.69) is 10.2 Å². The molecule has 5 nitrogen and oxygen atoms in total. The van der Waals surface area contributed by atoms with Crippen molar-refractivity contribution in [3.05, 3.63) is 11.6 Å². The SMILES string of the molecule is NN1CCn2c(nnc2C(F)(F)F)C1. The van der Waals surface area contributed by atoms with Crippen molar-refractivity contribution in [1.82, 2.24) is 19.8 Å². The van der Waals surface area contributed by atoms with Gasteiger partial charge in [0.25, 0.3) is 0 Å². The summed E-state index contributed by atoms with van der Waals surface area (Å²) in [7, 11) is 0. The predicted octanol–water partition coefficient (Wildman–Crippen LogP) is -0.0138. The topological polar surface area (TPSA) is 60.0 Å². The molecule has 2 rings (SSSR count). The summed E-state index contributed by atoms with van der Waals surface area (Å²) in [6.45, 7) is 0.741. The van der Waals surface area contributed by atoms with E-state index in [1.54, 1.807) is 0 Å². The van der Waals surface area contributed by atoms with E-state index in [1.807, 2.05) is 0 Å². The van der Waals surface area contributed by atoms with E-state index in [-0.39, 0.29) is 18.9 Å². The highest BCUT2D eigenvalue weighted by Gasteiger charge is 2.39. The van der Waals surface area contributed by atoms with Crippen molar-refractivity contribution in [3.63, 3.8) is 0 Å². The van der Waals surface area contributed by atoms with Crippen LogP contribution in [0.1, 0.15) is 11.6 Å². The molecule has 0 aromatic carbocycles. The van der Waals surface area contributed by atoms with Gasteiger partial charge in [0.2, 0.25) is 5.82 Å². The van der Waals surface area contributed by atoms with Crippen molar-refractivity contribution in [2.45, 2.75) is 19.3 Å². The normalized spacial score (nSPS) is 18.3. The lowest BCUT2D eigenvalue weighted by molar-refractivity contribution is -0.148. The van der Waals surface area contributed by atoms with Crippen LogP contribution < -0.4 is 5.84 Å². The number of nitrogens with two attached hydrogens (primary N) is 1. The Bertz CT molecular complexity index is 344. The third kappa shape index (κ3) is 1.46. The van der Waals surface area contributed by atoms with Crippen molar-refractivity contribution >= 4 is 0 Å². The Morgan fingerprint density at radius 3 is 2.57 bits per heavy atom. The molecule has 0 fully saturated rings. The minimum absolute atomic E-state index is 0.174. The number of rotatable bonds is 0. The lowest BCUT2D eigenvalue weighted by Crippen LogP contribution is -2.39. The molecule has 0 saturated carbocycles. The molecule has 1 aliphatic heterocycles. The van der Waals surface area contributed by atoms with Crippen molar-refractivity contribution in [2.24, 2.45) is 5.84 Å². The average molecular weight is 207 g/mol. The fourth-order valence-electron chi connectivity index (χ4n) is 1.39. The molecule has 8 heteroatoms. The minimum Gasteiger partial charge on any atom is -0.305 e. The Balaban J connectivity index is 2.38. The Morgan fingerprint density at radius 1 is 1.21 bits per heavy atom. The molecule has 14 heavy (non-hydrogen) atoms. The van der Waals surface area contributed by atoms with E-state index in [1.165, 1.54) is 5.01 Å². The number of aromatic nitrogens is 3. The van der Waals surface area contributed by atoms with Crippen LogP contribution in [0.4, 0.5) is 13.2 Å². The van der Waals surface area contributed by atoms with E-state index in [0.29, 0.717) is 6.54 Å². The summed E-state index contributed by atoms with van der Waals surface area (Å²) in [5.74, 6) is 4.75. The molecule has 0 spiro atoms. The van der Waals surface area contributed by atoms with Crippen LogP contribution in [0.3, 0.4) is 0 Å². The van der Waals surface area contributed by atoms with Crippen LogP contribution in [-0.4, -0.2) is 26.3 Å².